The lowest BCUT2D eigenvalue weighted by molar-refractivity contribution is 0.1000. The van der Waals surface area contributed by atoms with Crippen LogP contribution in [0.1, 0.15) is 27.0 Å². The molecule has 0 aliphatic heterocycles. The Bertz CT molecular complexity index is 582. The average molecular weight is 269 g/mol. The Kier molecular flexibility index (Phi) is 4.85. The van der Waals surface area contributed by atoms with Crippen molar-refractivity contribution in [2.24, 2.45) is 5.73 Å². The third-order valence-corrected chi connectivity index (χ3v) is 3.28. The largest absolute Gasteiger partial charge is 0.366 e. The molecule has 4 nitrogen and oxygen atoms in total. The van der Waals surface area contributed by atoms with Crippen molar-refractivity contribution in [3.63, 3.8) is 0 Å². The topological polar surface area (TPSA) is 68.0 Å². The first kappa shape index (κ1) is 14.2. The summed E-state index contributed by atoms with van der Waals surface area (Å²) in [5.74, 6) is -0.384. The predicted octanol–water partition coefficient (Wildman–Crippen LogP) is 1.82. The van der Waals surface area contributed by atoms with Gasteiger partial charge in [0.1, 0.15) is 0 Å². The van der Waals surface area contributed by atoms with E-state index in [4.69, 9.17) is 5.73 Å². The smallest absolute Gasteiger partial charge is 0.248 e. The molecule has 4 heteroatoms. The second-order valence-electron chi connectivity index (χ2n) is 4.79. The lowest BCUT2D eigenvalue weighted by Gasteiger charge is -2.09. The molecule has 20 heavy (non-hydrogen) atoms. The van der Waals surface area contributed by atoms with Crippen LogP contribution in [-0.2, 0) is 13.0 Å². The Hall–Kier alpha value is -2.20. The minimum Gasteiger partial charge on any atom is -0.366 e. The van der Waals surface area contributed by atoms with Gasteiger partial charge in [-0.05, 0) is 60.8 Å². The number of aryl methyl sites for hydroxylation is 1. The molecule has 2 aromatic rings. The Balaban J connectivity index is 1.84. The molecule has 1 heterocycles. The highest BCUT2D eigenvalue weighted by Gasteiger charge is 2.03. The molecule has 0 bridgehead atoms. The van der Waals surface area contributed by atoms with Crippen LogP contribution in [0, 0.1) is 6.92 Å². The van der Waals surface area contributed by atoms with E-state index in [9.17, 15) is 4.79 Å². The molecule has 3 N–H and O–H groups in total. The number of benzene rings is 1. The molecule has 0 spiro atoms. The molecule has 1 aromatic heterocycles. The fraction of sp³-hybridized carbons (Fsp3) is 0.250. The van der Waals surface area contributed by atoms with E-state index in [-0.39, 0.29) is 5.91 Å². The van der Waals surface area contributed by atoms with Crippen LogP contribution >= 0.6 is 0 Å². The van der Waals surface area contributed by atoms with E-state index in [0.717, 1.165) is 25.1 Å². The van der Waals surface area contributed by atoms with E-state index in [1.165, 1.54) is 11.1 Å². The highest BCUT2D eigenvalue weighted by Crippen LogP contribution is 2.10. The number of nitrogens with one attached hydrogen (secondary N) is 1. The van der Waals surface area contributed by atoms with Gasteiger partial charge in [-0.25, -0.2) is 0 Å². The van der Waals surface area contributed by atoms with Gasteiger partial charge in [0.15, 0.2) is 0 Å². The van der Waals surface area contributed by atoms with E-state index < -0.39 is 0 Å². The van der Waals surface area contributed by atoms with Crippen LogP contribution in [0.5, 0.6) is 0 Å². The summed E-state index contributed by atoms with van der Waals surface area (Å²) in [5.41, 5.74) is 9.36. The number of hydrogen-bond acceptors (Lipinski definition) is 3. The van der Waals surface area contributed by atoms with E-state index in [1.807, 2.05) is 43.6 Å². The highest BCUT2D eigenvalue weighted by molar-refractivity contribution is 5.93. The Morgan fingerprint density at radius 2 is 2.00 bits per heavy atom. The minimum atomic E-state index is -0.384. The number of aromatic nitrogens is 1. The molecular weight excluding hydrogens is 250 g/mol. The monoisotopic (exact) mass is 269 g/mol. The SMILES string of the molecule is Cc1cc(C(N)=O)ccc1CNCCc1ccncc1. The molecule has 0 radical (unpaired) electrons. The number of carbonyl (C=O) groups excluding carboxylic acids is 1. The van der Waals surface area contributed by atoms with E-state index in [1.54, 1.807) is 6.07 Å². The summed E-state index contributed by atoms with van der Waals surface area (Å²) in [7, 11) is 0. The van der Waals surface area contributed by atoms with Crippen molar-refractivity contribution in [2.75, 3.05) is 6.54 Å². The van der Waals surface area contributed by atoms with Gasteiger partial charge >= 0.3 is 0 Å². The molecule has 0 aliphatic carbocycles. The van der Waals surface area contributed by atoms with Gasteiger partial charge in [-0.3, -0.25) is 9.78 Å². The van der Waals surface area contributed by atoms with Crippen LogP contribution in [-0.4, -0.2) is 17.4 Å². The van der Waals surface area contributed by atoms with Crippen molar-refractivity contribution in [1.29, 1.82) is 0 Å². The second kappa shape index (κ2) is 6.82. The van der Waals surface area contributed by atoms with Crippen LogP contribution < -0.4 is 11.1 Å². The number of amides is 1. The minimum absolute atomic E-state index is 0.384. The van der Waals surface area contributed by atoms with Crippen molar-refractivity contribution < 1.29 is 4.79 Å². The van der Waals surface area contributed by atoms with Crippen LogP contribution in [0.2, 0.25) is 0 Å². The fourth-order valence-electron chi connectivity index (χ4n) is 2.05. The number of primary amides is 1. The molecule has 0 aliphatic rings. The van der Waals surface area contributed by atoms with Gasteiger partial charge in [0.05, 0.1) is 0 Å². The van der Waals surface area contributed by atoms with Crippen molar-refractivity contribution >= 4 is 5.91 Å². The standard InChI is InChI=1S/C16H19N3O/c1-12-10-14(16(17)20)2-3-15(12)11-19-9-6-13-4-7-18-8-5-13/h2-5,7-8,10,19H,6,9,11H2,1H3,(H2,17,20). The predicted molar refractivity (Wildman–Crippen MR) is 79.3 cm³/mol. The van der Waals surface area contributed by atoms with Crippen LogP contribution in [0.3, 0.4) is 0 Å². The van der Waals surface area contributed by atoms with Gasteiger partial charge in [-0.1, -0.05) is 6.07 Å². The van der Waals surface area contributed by atoms with E-state index >= 15 is 0 Å². The molecule has 0 fully saturated rings. The van der Waals surface area contributed by atoms with E-state index in [0.29, 0.717) is 5.56 Å². The molecule has 2 rings (SSSR count). The quantitative estimate of drug-likeness (QED) is 0.786. The summed E-state index contributed by atoms with van der Waals surface area (Å²) in [6.07, 6.45) is 4.59. The lowest BCUT2D eigenvalue weighted by atomic mass is 10.0. The summed E-state index contributed by atoms with van der Waals surface area (Å²) >= 11 is 0. The molecule has 0 saturated carbocycles. The Morgan fingerprint density at radius 1 is 1.25 bits per heavy atom. The first-order chi connectivity index (χ1) is 9.66. The summed E-state index contributed by atoms with van der Waals surface area (Å²) in [4.78, 5) is 15.1. The van der Waals surface area contributed by atoms with Crippen molar-refractivity contribution in [3.8, 4) is 0 Å². The van der Waals surface area contributed by atoms with Gasteiger partial charge in [0.2, 0.25) is 5.91 Å². The Morgan fingerprint density at radius 3 is 2.65 bits per heavy atom. The number of rotatable bonds is 6. The average Bonchev–Trinajstić information content (AvgIpc) is 2.46. The third kappa shape index (κ3) is 3.90. The molecule has 104 valence electrons. The normalized spacial score (nSPS) is 10.4. The number of hydrogen-bond donors (Lipinski definition) is 2. The summed E-state index contributed by atoms with van der Waals surface area (Å²) in [6.45, 7) is 3.68. The third-order valence-electron chi connectivity index (χ3n) is 3.28. The highest BCUT2D eigenvalue weighted by atomic mass is 16.1. The number of nitrogens with two attached hydrogens (primary N) is 1. The fourth-order valence-corrected chi connectivity index (χ4v) is 2.05. The van der Waals surface area contributed by atoms with Gasteiger partial charge in [0.25, 0.3) is 0 Å². The van der Waals surface area contributed by atoms with Gasteiger partial charge in [0, 0.05) is 24.5 Å². The van der Waals surface area contributed by atoms with Gasteiger partial charge < -0.3 is 11.1 Å². The summed E-state index contributed by atoms with van der Waals surface area (Å²) < 4.78 is 0. The van der Waals surface area contributed by atoms with Gasteiger partial charge in [-0.2, -0.15) is 0 Å². The van der Waals surface area contributed by atoms with Crippen molar-refractivity contribution in [1.82, 2.24) is 10.3 Å². The zero-order valence-electron chi connectivity index (χ0n) is 11.6. The second-order valence-corrected chi connectivity index (χ2v) is 4.79. The number of carbonyl (C=O) groups is 1. The maximum absolute atomic E-state index is 11.1. The number of pyridine rings is 1. The zero-order chi connectivity index (χ0) is 14.4. The molecule has 0 atom stereocenters. The van der Waals surface area contributed by atoms with E-state index in [2.05, 4.69) is 10.3 Å². The van der Waals surface area contributed by atoms with Crippen LogP contribution in [0.4, 0.5) is 0 Å². The Labute approximate surface area is 119 Å². The molecular formula is C16H19N3O. The van der Waals surface area contributed by atoms with Crippen molar-refractivity contribution in [2.45, 2.75) is 19.9 Å². The maximum atomic E-state index is 11.1. The number of nitrogens with zero attached hydrogens (tertiary/aromatic N) is 1. The first-order valence-electron chi connectivity index (χ1n) is 6.66. The lowest BCUT2D eigenvalue weighted by Crippen LogP contribution is -2.18. The maximum Gasteiger partial charge on any atom is 0.248 e. The van der Waals surface area contributed by atoms with Gasteiger partial charge in [-0.15, -0.1) is 0 Å². The molecule has 1 amide bonds. The van der Waals surface area contributed by atoms with Crippen molar-refractivity contribution in [3.05, 3.63) is 65.0 Å². The summed E-state index contributed by atoms with van der Waals surface area (Å²) in [5, 5.41) is 3.40. The molecule has 0 unspecified atom stereocenters. The zero-order valence-corrected chi connectivity index (χ0v) is 11.6. The summed E-state index contributed by atoms with van der Waals surface area (Å²) in [6, 6.07) is 9.61. The molecule has 0 saturated heterocycles. The first-order valence-corrected chi connectivity index (χ1v) is 6.66. The van der Waals surface area contributed by atoms with Crippen LogP contribution in [0.15, 0.2) is 42.7 Å². The molecule has 1 aromatic carbocycles. The van der Waals surface area contributed by atoms with Crippen LogP contribution in [0.25, 0.3) is 0 Å².